The Morgan fingerprint density at radius 1 is 1.12 bits per heavy atom. The van der Waals surface area contributed by atoms with Gasteiger partial charge in [0, 0.05) is 36.8 Å². The van der Waals surface area contributed by atoms with Gasteiger partial charge < -0.3 is 14.5 Å². The first kappa shape index (κ1) is 16.4. The quantitative estimate of drug-likeness (QED) is 0.775. The monoisotopic (exact) mass is 401 g/mol. The van der Waals surface area contributed by atoms with Gasteiger partial charge >= 0.3 is 0 Å². The van der Waals surface area contributed by atoms with Gasteiger partial charge in [0.05, 0.1) is 5.92 Å². The van der Waals surface area contributed by atoms with Gasteiger partial charge in [-0.25, -0.2) is 4.98 Å². The van der Waals surface area contributed by atoms with Crippen LogP contribution in [0.15, 0.2) is 47.1 Å². The molecule has 4 rings (SSSR count). The summed E-state index contributed by atoms with van der Waals surface area (Å²) < 4.78 is 6.75. The second kappa shape index (κ2) is 7.04. The molecule has 0 spiro atoms. The van der Waals surface area contributed by atoms with E-state index in [0.717, 1.165) is 54.2 Å². The molecule has 1 amide bonds. The number of nitrogens with zero attached hydrogens (tertiary/aromatic N) is 3. The number of fused-ring (bicyclic) bond motifs is 1. The first-order valence-corrected chi connectivity index (χ1v) is 9.36. The number of hydrogen-bond acceptors (Lipinski definition) is 4. The predicted octanol–water partition coefficient (Wildman–Crippen LogP) is 2.74. The molecule has 2 aromatic rings. The van der Waals surface area contributed by atoms with Gasteiger partial charge in [-0.2, -0.15) is 0 Å². The van der Waals surface area contributed by atoms with E-state index >= 15 is 0 Å². The maximum absolute atomic E-state index is 12.9. The van der Waals surface area contributed by atoms with Gasteiger partial charge in [-0.1, -0.05) is 18.2 Å². The molecule has 25 heavy (non-hydrogen) atoms. The van der Waals surface area contributed by atoms with Gasteiger partial charge in [0.15, 0.2) is 0 Å². The molecule has 0 N–H and O–H groups in total. The SMILES string of the molecule is O=C(C1COc2ccccc2C1)N1CCN(c2ccc(Br)cn2)CC1. The molecular formula is C19H20BrN3O2. The van der Waals surface area contributed by atoms with Gasteiger partial charge in [0.25, 0.3) is 0 Å². The minimum atomic E-state index is -0.0766. The number of carbonyl (C=O) groups is 1. The number of ether oxygens (including phenoxy) is 1. The van der Waals surface area contributed by atoms with Crippen molar-refractivity contribution in [2.75, 3.05) is 37.7 Å². The molecule has 0 aliphatic carbocycles. The zero-order valence-electron chi connectivity index (χ0n) is 13.9. The van der Waals surface area contributed by atoms with Crippen LogP contribution in [0.5, 0.6) is 5.75 Å². The number of benzene rings is 1. The van der Waals surface area contributed by atoms with Gasteiger partial charge in [-0.3, -0.25) is 4.79 Å². The van der Waals surface area contributed by atoms with Crippen molar-refractivity contribution in [1.82, 2.24) is 9.88 Å². The fraction of sp³-hybridized carbons (Fsp3) is 0.368. The number of amides is 1. The van der Waals surface area contributed by atoms with Crippen LogP contribution in [0.3, 0.4) is 0 Å². The van der Waals surface area contributed by atoms with Gasteiger partial charge in [0.1, 0.15) is 18.2 Å². The number of aromatic nitrogens is 1. The van der Waals surface area contributed by atoms with Crippen molar-refractivity contribution in [3.63, 3.8) is 0 Å². The fourth-order valence-electron chi connectivity index (χ4n) is 3.46. The van der Waals surface area contributed by atoms with E-state index in [1.807, 2.05) is 47.5 Å². The third-order valence-electron chi connectivity index (χ3n) is 4.86. The van der Waals surface area contributed by atoms with Crippen LogP contribution >= 0.6 is 15.9 Å². The Balaban J connectivity index is 1.36. The number of pyridine rings is 1. The van der Waals surface area contributed by atoms with Gasteiger partial charge in [-0.05, 0) is 46.1 Å². The van der Waals surface area contributed by atoms with Crippen LogP contribution in [0.2, 0.25) is 0 Å². The number of halogens is 1. The van der Waals surface area contributed by atoms with Crippen molar-refractivity contribution < 1.29 is 9.53 Å². The molecule has 2 aliphatic heterocycles. The summed E-state index contributed by atoms with van der Waals surface area (Å²) in [7, 11) is 0. The lowest BCUT2D eigenvalue weighted by Gasteiger charge is -2.37. The number of anilines is 1. The molecule has 0 radical (unpaired) electrons. The average Bonchev–Trinajstić information content (AvgIpc) is 2.68. The minimum absolute atomic E-state index is 0.0766. The zero-order valence-corrected chi connectivity index (χ0v) is 15.5. The molecule has 1 saturated heterocycles. The lowest BCUT2D eigenvalue weighted by molar-refractivity contribution is -0.137. The molecule has 5 nitrogen and oxygen atoms in total. The first-order chi connectivity index (χ1) is 12.2. The van der Waals surface area contributed by atoms with E-state index in [0.29, 0.717) is 6.61 Å². The average molecular weight is 402 g/mol. The highest BCUT2D eigenvalue weighted by atomic mass is 79.9. The van der Waals surface area contributed by atoms with Gasteiger partial charge in [0.2, 0.25) is 5.91 Å². The highest BCUT2D eigenvalue weighted by Crippen LogP contribution is 2.28. The van der Waals surface area contributed by atoms with Crippen LogP contribution in [0.4, 0.5) is 5.82 Å². The van der Waals surface area contributed by atoms with E-state index in [9.17, 15) is 4.79 Å². The van der Waals surface area contributed by atoms with Crippen molar-refractivity contribution in [3.05, 3.63) is 52.6 Å². The first-order valence-electron chi connectivity index (χ1n) is 8.57. The molecule has 2 aliphatic rings. The molecule has 1 unspecified atom stereocenters. The summed E-state index contributed by atoms with van der Waals surface area (Å²) in [4.78, 5) is 21.5. The number of para-hydroxylation sites is 1. The number of carbonyl (C=O) groups excluding carboxylic acids is 1. The summed E-state index contributed by atoms with van der Waals surface area (Å²) in [5.74, 6) is 2.01. The summed E-state index contributed by atoms with van der Waals surface area (Å²) in [6.45, 7) is 3.56. The van der Waals surface area contributed by atoms with Crippen LogP contribution in [0, 0.1) is 5.92 Å². The van der Waals surface area contributed by atoms with Gasteiger partial charge in [-0.15, -0.1) is 0 Å². The highest BCUT2D eigenvalue weighted by Gasteiger charge is 2.31. The summed E-state index contributed by atoms with van der Waals surface area (Å²) in [5.41, 5.74) is 1.13. The molecule has 1 aromatic heterocycles. The smallest absolute Gasteiger partial charge is 0.229 e. The second-order valence-electron chi connectivity index (χ2n) is 6.47. The number of hydrogen-bond donors (Lipinski definition) is 0. The van der Waals surface area contributed by atoms with Crippen molar-refractivity contribution >= 4 is 27.7 Å². The second-order valence-corrected chi connectivity index (χ2v) is 7.38. The Morgan fingerprint density at radius 3 is 2.68 bits per heavy atom. The Kier molecular flexibility index (Phi) is 4.61. The summed E-state index contributed by atoms with van der Waals surface area (Å²) >= 11 is 3.41. The molecule has 1 fully saturated rings. The van der Waals surface area contributed by atoms with E-state index in [1.165, 1.54) is 0 Å². The molecule has 0 bridgehead atoms. The Labute approximate surface area is 155 Å². The van der Waals surface area contributed by atoms with Crippen molar-refractivity contribution in [2.24, 2.45) is 5.92 Å². The third kappa shape index (κ3) is 3.49. The van der Waals surface area contributed by atoms with Crippen molar-refractivity contribution in [3.8, 4) is 5.75 Å². The maximum Gasteiger partial charge on any atom is 0.229 e. The number of rotatable bonds is 2. The molecule has 1 aromatic carbocycles. The van der Waals surface area contributed by atoms with E-state index in [4.69, 9.17) is 4.74 Å². The molecule has 130 valence electrons. The summed E-state index contributed by atoms with van der Waals surface area (Å²) in [6.07, 6.45) is 2.58. The van der Waals surface area contributed by atoms with E-state index in [2.05, 4.69) is 25.8 Å². The van der Waals surface area contributed by atoms with Crippen LogP contribution in [-0.4, -0.2) is 48.6 Å². The van der Waals surface area contributed by atoms with Crippen LogP contribution in [0.25, 0.3) is 0 Å². The molecule has 6 heteroatoms. The molecule has 1 atom stereocenters. The minimum Gasteiger partial charge on any atom is -0.492 e. The maximum atomic E-state index is 12.9. The molecular weight excluding hydrogens is 382 g/mol. The molecule has 0 saturated carbocycles. The zero-order chi connectivity index (χ0) is 17.2. The standard InChI is InChI=1S/C19H20BrN3O2/c20-16-5-6-18(21-12-16)22-7-9-23(10-8-22)19(24)15-11-14-3-1-2-4-17(14)25-13-15/h1-6,12,15H,7-11,13H2. The van der Waals surface area contributed by atoms with Crippen LogP contribution in [-0.2, 0) is 11.2 Å². The molecule has 3 heterocycles. The summed E-state index contributed by atoms with van der Waals surface area (Å²) in [5, 5.41) is 0. The van der Waals surface area contributed by atoms with E-state index < -0.39 is 0 Å². The van der Waals surface area contributed by atoms with Crippen LogP contribution in [0.1, 0.15) is 5.56 Å². The Hall–Kier alpha value is -2.08. The third-order valence-corrected chi connectivity index (χ3v) is 5.32. The lowest BCUT2D eigenvalue weighted by Crippen LogP contribution is -2.51. The summed E-state index contributed by atoms with van der Waals surface area (Å²) in [6, 6.07) is 12.0. The van der Waals surface area contributed by atoms with Crippen LogP contribution < -0.4 is 9.64 Å². The fourth-order valence-corrected chi connectivity index (χ4v) is 3.69. The van der Waals surface area contributed by atoms with Crippen molar-refractivity contribution in [2.45, 2.75) is 6.42 Å². The van der Waals surface area contributed by atoms with E-state index in [-0.39, 0.29) is 11.8 Å². The van der Waals surface area contributed by atoms with Crippen molar-refractivity contribution in [1.29, 1.82) is 0 Å². The Bertz CT molecular complexity index is 758. The number of piperazine rings is 1. The largest absolute Gasteiger partial charge is 0.492 e. The normalized spacial score (nSPS) is 20.0. The predicted molar refractivity (Wildman–Crippen MR) is 99.9 cm³/mol. The van der Waals surface area contributed by atoms with E-state index in [1.54, 1.807) is 0 Å². The highest BCUT2D eigenvalue weighted by molar-refractivity contribution is 9.10. The lowest BCUT2D eigenvalue weighted by atomic mass is 9.95. The topological polar surface area (TPSA) is 45.7 Å². The Morgan fingerprint density at radius 2 is 1.92 bits per heavy atom.